The first-order chi connectivity index (χ1) is 10.8. The van der Waals surface area contributed by atoms with Crippen molar-refractivity contribution in [2.75, 3.05) is 19.6 Å². The zero-order chi connectivity index (χ0) is 16.0. The van der Waals surface area contributed by atoms with Gasteiger partial charge in [-0.3, -0.25) is 4.79 Å². The van der Waals surface area contributed by atoms with Crippen molar-refractivity contribution in [2.45, 2.75) is 83.6 Å². The minimum atomic E-state index is 0.387. The van der Waals surface area contributed by atoms with E-state index in [-0.39, 0.29) is 0 Å². The third-order valence-electron chi connectivity index (χ3n) is 4.49. The van der Waals surface area contributed by atoms with Crippen molar-refractivity contribution in [3.63, 3.8) is 0 Å². The molecule has 1 atom stereocenters. The fraction of sp³-hybridized carbons (Fsp3) is 0.842. The topological polar surface area (TPSA) is 32.3 Å². The van der Waals surface area contributed by atoms with Gasteiger partial charge in [-0.05, 0) is 58.0 Å². The lowest BCUT2D eigenvalue weighted by molar-refractivity contribution is -0.132. The highest BCUT2D eigenvalue weighted by Gasteiger charge is 2.27. The van der Waals surface area contributed by atoms with E-state index in [0.29, 0.717) is 11.9 Å². The van der Waals surface area contributed by atoms with E-state index >= 15 is 0 Å². The number of unbranched alkanes of at least 4 members (excludes halogenated alkanes) is 4. The Bertz CT molecular complexity index is 335. The second kappa shape index (κ2) is 12.5. The van der Waals surface area contributed by atoms with Crippen molar-refractivity contribution < 1.29 is 4.79 Å². The molecule has 126 valence electrons. The Kier molecular flexibility index (Phi) is 10.8. The van der Waals surface area contributed by atoms with Crippen LogP contribution < -0.4 is 5.32 Å². The van der Waals surface area contributed by atoms with Gasteiger partial charge in [0.15, 0.2) is 0 Å². The lowest BCUT2D eigenvalue weighted by Gasteiger charge is -2.24. The van der Waals surface area contributed by atoms with Crippen LogP contribution in [0.25, 0.3) is 0 Å². The van der Waals surface area contributed by atoms with E-state index in [0.717, 1.165) is 58.2 Å². The van der Waals surface area contributed by atoms with Gasteiger partial charge in [-0.25, -0.2) is 0 Å². The summed E-state index contributed by atoms with van der Waals surface area (Å²) in [5, 5.41) is 3.45. The van der Waals surface area contributed by atoms with E-state index in [9.17, 15) is 4.79 Å². The molecule has 3 nitrogen and oxygen atoms in total. The van der Waals surface area contributed by atoms with Crippen LogP contribution in [-0.4, -0.2) is 36.5 Å². The number of nitrogens with one attached hydrogen (secondary N) is 1. The van der Waals surface area contributed by atoms with Crippen LogP contribution in [0.1, 0.15) is 77.6 Å². The summed E-state index contributed by atoms with van der Waals surface area (Å²) in [6.45, 7) is 5.32. The molecule has 0 aromatic carbocycles. The summed E-state index contributed by atoms with van der Waals surface area (Å²) in [7, 11) is 0. The molecule has 1 N–H and O–H groups in total. The molecule has 0 spiro atoms. The summed E-state index contributed by atoms with van der Waals surface area (Å²) in [5.74, 6) is 3.05. The highest BCUT2D eigenvalue weighted by molar-refractivity contribution is 5.76. The summed E-state index contributed by atoms with van der Waals surface area (Å²) < 4.78 is 0. The fourth-order valence-electron chi connectivity index (χ4n) is 3.25. The van der Waals surface area contributed by atoms with Crippen molar-refractivity contribution in [2.24, 2.45) is 0 Å². The summed E-state index contributed by atoms with van der Waals surface area (Å²) in [4.78, 5) is 14.4. The van der Waals surface area contributed by atoms with E-state index < -0.39 is 0 Å². The van der Waals surface area contributed by atoms with Gasteiger partial charge in [-0.2, -0.15) is 0 Å². The first-order valence-corrected chi connectivity index (χ1v) is 9.23. The molecule has 1 fully saturated rings. The molecule has 1 aliphatic rings. The van der Waals surface area contributed by atoms with E-state index in [2.05, 4.69) is 23.1 Å². The average Bonchev–Trinajstić information content (AvgIpc) is 2.98. The van der Waals surface area contributed by atoms with Crippen LogP contribution in [0.3, 0.4) is 0 Å². The minimum Gasteiger partial charge on any atom is -0.340 e. The third kappa shape index (κ3) is 7.84. The van der Waals surface area contributed by atoms with Crippen LogP contribution in [0.2, 0.25) is 0 Å². The first kappa shape index (κ1) is 19.0. The number of amides is 1. The molecule has 1 unspecified atom stereocenters. The lowest BCUT2D eigenvalue weighted by atomic mass is 10.1. The smallest absolute Gasteiger partial charge is 0.222 e. The van der Waals surface area contributed by atoms with Crippen LogP contribution in [0, 0.1) is 12.3 Å². The summed E-state index contributed by atoms with van der Waals surface area (Å²) in [5.41, 5.74) is 0. The maximum Gasteiger partial charge on any atom is 0.222 e. The summed E-state index contributed by atoms with van der Waals surface area (Å²) >= 11 is 0. The maximum atomic E-state index is 12.3. The fourth-order valence-corrected chi connectivity index (χ4v) is 3.25. The van der Waals surface area contributed by atoms with Gasteiger partial charge in [0, 0.05) is 25.4 Å². The van der Waals surface area contributed by atoms with Gasteiger partial charge in [0.05, 0.1) is 0 Å². The Morgan fingerprint density at radius 1 is 1.23 bits per heavy atom. The first-order valence-electron chi connectivity index (χ1n) is 9.23. The van der Waals surface area contributed by atoms with Gasteiger partial charge in [-0.15, -0.1) is 12.3 Å². The Morgan fingerprint density at radius 2 is 2.00 bits per heavy atom. The van der Waals surface area contributed by atoms with Crippen molar-refractivity contribution in [1.82, 2.24) is 10.2 Å². The molecule has 0 saturated carbocycles. The normalized spacial score (nSPS) is 17.6. The van der Waals surface area contributed by atoms with Gasteiger partial charge in [0.1, 0.15) is 0 Å². The van der Waals surface area contributed by atoms with Crippen LogP contribution in [-0.2, 0) is 4.79 Å². The molecule has 1 heterocycles. The SMILES string of the molecule is C#CCCCCNCCCCCC(=O)N1CCCC1CCC. The quantitative estimate of drug-likeness (QED) is 0.440. The van der Waals surface area contributed by atoms with Gasteiger partial charge >= 0.3 is 0 Å². The number of hydrogen-bond acceptors (Lipinski definition) is 2. The molecule has 0 radical (unpaired) electrons. The second-order valence-corrected chi connectivity index (χ2v) is 6.39. The van der Waals surface area contributed by atoms with Crippen LogP contribution in [0.5, 0.6) is 0 Å². The average molecular weight is 306 g/mol. The van der Waals surface area contributed by atoms with E-state index in [4.69, 9.17) is 6.42 Å². The van der Waals surface area contributed by atoms with E-state index in [1.54, 1.807) is 0 Å². The molecule has 0 aromatic heterocycles. The van der Waals surface area contributed by atoms with Crippen LogP contribution in [0.4, 0.5) is 0 Å². The number of hydrogen-bond donors (Lipinski definition) is 1. The van der Waals surface area contributed by atoms with Gasteiger partial charge in [0.2, 0.25) is 5.91 Å². The molecular formula is C19H34N2O. The number of likely N-dealkylation sites (tertiary alicyclic amines) is 1. The summed E-state index contributed by atoms with van der Waals surface area (Å²) in [6.07, 6.45) is 17.2. The Morgan fingerprint density at radius 3 is 2.73 bits per heavy atom. The van der Waals surface area contributed by atoms with Crippen molar-refractivity contribution in [1.29, 1.82) is 0 Å². The molecule has 0 aromatic rings. The maximum absolute atomic E-state index is 12.3. The molecule has 1 aliphatic heterocycles. The highest BCUT2D eigenvalue weighted by Crippen LogP contribution is 2.22. The number of nitrogens with zero attached hydrogens (tertiary/aromatic N) is 1. The molecule has 0 aliphatic carbocycles. The van der Waals surface area contributed by atoms with Crippen molar-refractivity contribution in [3.05, 3.63) is 0 Å². The number of carbonyl (C=O) groups excluding carboxylic acids is 1. The van der Waals surface area contributed by atoms with Crippen molar-refractivity contribution >= 4 is 5.91 Å². The van der Waals surface area contributed by atoms with Crippen LogP contribution >= 0.6 is 0 Å². The lowest BCUT2D eigenvalue weighted by Crippen LogP contribution is -2.35. The molecule has 0 bridgehead atoms. The number of terminal acetylenes is 1. The predicted molar refractivity (Wildman–Crippen MR) is 93.7 cm³/mol. The van der Waals surface area contributed by atoms with Crippen LogP contribution in [0.15, 0.2) is 0 Å². The Hall–Kier alpha value is -1.01. The molecule has 1 saturated heterocycles. The molecule has 1 rings (SSSR count). The molecule has 1 amide bonds. The Balaban J connectivity index is 1.96. The minimum absolute atomic E-state index is 0.387. The molecule has 22 heavy (non-hydrogen) atoms. The monoisotopic (exact) mass is 306 g/mol. The number of rotatable bonds is 12. The van der Waals surface area contributed by atoms with Gasteiger partial charge < -0.3 is 10.2 Å². The molecule has 3 heteroatoms. The van der Waals surface area contributed by atoms with Crippen molar-refractivity contribution in [3.8, 4) is 12.3 Å². The molecular weight excluding hydrogens is 272 g/mol. The van der Waals surface area contributed by atoms with Gasteiger partial charge in [0.25, 0.3) is 0 Å². The highest BCUT2D eigenvalue weighted by atomic mass is 16.2. The zero-order valence-electron chi connectivity index (χ0n) is 14.4. The van der Waals surface area contributed by atoms with E-state index in [1.165, 1.54) is 32.1 Å². The third-order valence-corrected chi connectivity index (χ3v) is 4.49. The standard InChI is InChI=1S/C19H34N2O/c1-3-5-6-9-15-20-16-10-7-8-14-19(22)21-17-11-13-18(21)12-4-2/h1,18,20H,4-17H2,2H3. The number of carbonyl (C=O) groups is 1. The van der Waals surface area contributed by atoms with Gasteiger partial charge in [-0.1, -0.05) is 19.8 Å². The van der Waals surface area contributed by atoms with E-state index in [1.807, 2.05) is 0 Å². The Labute approximate surface area is 137 Å². The summed E-state index contributed by atoms with van der Waals surface area (Å²) in [6, 6.07) is 0.530. The zero-order valence-corrected chi connectivity index (χ0v) is 14.4. The second-order valence-electron chi connectivity index (χ2n) is 6.39. The predicted octanol–water partition coefficient (Wildman–Crippen LogP) is 3.73. The largest absolute Gasteiger partial charge is 0.340 e.